The second kappa shape index (κ2) is 4.00. The fraction of sp³-hybridized carbons (Fsp3) is 0.143. The fourth-order valence-corrected chi connectivity index (χ4v) is 3.06. The van der Waals surface area contributed by atoms with E-state index in [0.29, 0.717) is 0 Å². The molecule has 1 N–H and O–H groups in total. The molecule has 0 aromatic heterocycles. The molecule has 0 aliphatic rings. The number of hydrogen-bond acceptors (Lipinski definition) is 5. The first-order chi connectivity index (χ1) is 6.71. The van der Waals surface area contributed by atoms with E-state index in [9.17, 15) is 16.0 Å². The van der Waals surface area contributed by atoms with Crippen LogP contribution >= 0.6 is 0 Å². The quantitative estimate of drug-likeness (QED) is 0.853. The SMILES string of the molecule is Cc1ccc(S(=O)(=O)[O][Cr](=[O])(=[O])[OH])cc1. The third kappa shape index (κ3) is 3.70. The minimum absolute atomic E-state index is 0.324. The zero-order valence-corrected chi connectivity index (χ0v) is 9.71. The number of aryl methyl sites for hydroxylation is 1. The molecular weight excluding hydrogens is 264 g/mol. The fourth-order valence-electron chi connectivity index (χ4n) is 0.857. The van der Waals surface area contributed by atoms with Gasteiger partial charge in [0, 0.05) is 0 Å². The van der Waals surface area contributed by atoms with Crippen molar-refractivity contribution in [3.05, 3.63) is 29.8 Å². The summed E-state index contributed by atoms with van der Waals surface area (Å²) in [4.78, 5) is -0.324. The standard InChI is InChI=1S/C7H8O3S.Cr.H2O.2O/c1-6-2-4-7(5-3-6)11(8,9)10;;;;/h2-5H,1H3,(H,8,9,10);;1H2;;/q;+2;;;/p-2. The molecule has 0 aliphatic heterocycles. The van der Waals surface area contributed by atoms with Gasteiger partial charge in [-0.25, -0.2) is 0 Å². The molecule has 1 aromatic rings. The Labute approximate surface area is 89.0 Å². The van der Waals surface area contributed by atoms with Crippen LogP contribution in [0.1, 0.15) is 5.56 Å². The van der Waals surface area contributed by atoms with E-state index in [1.165, 1.54) is 24.3 Å². The van der Waals surface area contributed by atoms with Crippen LogP contribution < -0.4 is 0 Å². The van der Waals surface area contributed by atoms with Crippen LogP contribution in [0.15, 0.2) is 29.2 Å². The van der Waals surface area contributed by atoms with Gasteiger partial charge < -0.3 is 0 Å². The summed E-state index contributed by atoms with van der Waals surface area (Å²) in [6, 6.07) is 5.34. The molecule has 0 spiro atoms. The Morgan fingerprint density at radius 3 is 2.07 bits per heavy atom. The monoisotopic (exact) mass is 272 g/mol. The predicted octanol–water partition coefficient (Wildman–Crippen LogP) is 0.368. The number of benzene rings is 1. The summed E-state index contributed by atoms with van der Waals surface area (Å²) in [7, 11) is -4.44. The van der Waals surface area contributed by atoms with Crippen molar-refractivity contribution in [2.24, 2.45) is 0 Å². The summed E-state index contributed by atoms with van der Waals surface area (Å²) in [5.74, 6) is 0. The molecule has 0 fully saturated rings. The molecule has 0 amide bonds. The molecule has 0 unspecified atom stereocenters. The summed E-state index contributed by atoms with van der Waals surface area (Å²) in [6.07, 6.45) is 0. The molecule has 0 saturated heterocycles. The van der Waals surface area contributed by atoms with Crippen LogP contribution in [0.4, 0.5) is 0 Å². The first kappa shape index (κ1) is 12.3. The van der Waals surface area contributed by atoms with E-state index in [1.54, 1.807) is 6.92 Å². The van der Waals surface area contributed by atoms with Gasteiger partial charge in [-0.3, -0.25) is 0 Å². The summed E-state index contributed by atoms with van der Waals surface area (Å²) >= 11 is -5.75. The second-order valence-electron chi connectivity index (χ2n) is 2.76. The van der Waals surface area contributed by atoms with Crippen molar-refractivity contribution < 1.29 is 37.0 Å². The average molecular weight is 272 g/mol. The molecule has 6 nitrogen and oxygen atoms in total. The number of hydrogen-bond donors (Lipinski definition) is 1. The molecule has 1 rings (SSSR count). The van der Waals surface area contributed by atoms with Gasteiger partial charge in [-0.05, 0) is 0 Å². The van der Waals surface area contributed by atoms with Gasteiger partial charge in [-0.1, -0.05) is 0 Å². The van der Waals surface area contributed by atoms with Gasteiger partial charge in [-0.2, -0.15) is 0 Å². The Bertz CT molecular complexity index is 542. The van der Waals surface area contributed by atoms with Gasteiger partial charge in [0.2, 0.25) is 0 Å². The van der Waals surface area contributed by atoms with E-state index in [1.807, 2.05) is 0 Å². The average Bonchev–Trinajstić information content (AvgIpc) is 2.00. The molecule has 0 atom stereocenters. The summed E-state index contributed by atoms with van der Waals surface area (Å²) in [5.41, 5.74) is 0.812. The Morgan fingerprint density at radius 2 is 1.67 bits per heavy atom. The van der Waals surface area contributed by atoms with E-state index < -0.39 is 23.7 Å². The molecule has 15 heavy (non-hydrogen) atoms. The molecule has 84 valence electrons. The van der Waals surface area contributed by atoms with Crippen molar-refractivity contribution in [3.8, 4) is 0 Å². The molecular formula is C7H8CrO6S. The molecule has 1 aromatic carbocycles. The van der Waals surface area contributed by atoms with Crippen LogP contribution in [-0.4, -0.2) is 12.6 Å². The summed E-state index contributed by atoms with van der Waals surface area (Å²) in [6.45, 7) is 1.74. The molecule has 0 bridgehead atoms. The Morgan fingerprint density at radius 1 is 1.20 bits per heavy atom. The Balaban J connectivity index is 3.13. The van der Waals surface area contributed by atoms with Gasteiger partial charge in [0.25, 0.3) is 0 Å². The normalized spacial score (nSPS) is 12.7. The predicted molar refractivity (Wildman–Crippen MR) is 43.0 cm³/mol. The molecule has 8 heteroatoms. The van der Waals surface area contributed by atoms with Gasteiger partial charge in [0.1, 0.15) is 0 Å². The van der Waals surface area contributed by atoms with Crippen molar-refractivity contribution in [3.63, 3.8) is 0 Å². The van der Waals surface area contributed by atoms with Crippen molar-refractivity contribution in [1.29, 1.82) is 0 Å². The van der Waals surface area contributed by atoms with E-state index in [0.717, 1.165) is 5.56 Å². The van der Waals surface area contributed by atoms with Crippen LogP contribution in [0.2, 0.25) is 0 Å². The maximum atomic E-state index is 11.2. The number of rotatable bonds is 3. The Hall–Kier alpha value is -0.778. The van der Waals surface area contributed by atoms with Crippen LogP contribution in [0.25, 0.3) is 0 Å². The first-order valence-corrected chi connectivity index (χ1v) is 7.25. The third-order valence-electron chi connectivity index (χ3n) is 1.49. The van der Waals surface area contributed by atoms with Crippen LogP contribution in [0.3, 0.4) is 0 Å². The van der Waals surface area contributed by atoms with Crippen molar-refractivity contribution >= 4 is 10.1 Å². The topological polar surface area (TPSA) is 97.7 Å². The van der Waals surface area contributed by atoms with E-state index in [-0.39, 0.29) is 4.90 Å². The minimum atomic E-state index is -5.75. The van der Waals surface area contributed by atoms with E-state index >= 15 is 0 Å². The van der Waals surface area contributed by atoms with Gasteiger partial charge in [-0.15, -0.1) is 0 Å². The zero-order valence-electron chi connectivity index (χ0n) is 7.61. The van der Waals surface area contributed by atoms with Crippen molar-refractivity contribution in [2.45, 2.75) is 11.8 Å². The maximum absolute atomic E-state index is 11.2. The zero-order chi connectivity index (χ0) is 11.7. The van der Waals surface area contributed by atoms with Gasteiger partial charge >= 0.3 is 88.8 Å². The van der Waals surface area contributed by atoms with Gasteiger partial charge in [0.15, 0.2) is 0 Å². The van der Waals surface area contributed by atoms with Crippen LogP contribution in [-0.2, 0) is 34.6 Å². The first-order valence-electron chi connectivity index (χ1n) is 3.71. The second-order valence-corrected chi connectivity index (χ2v) is 6.25. The van der Waals surface area contributed by atoms with Crippen LogP contribution in [0, 0.1) is 6.92 Å². The molecule has 0 saturated carbocycles. The third-order valence-corrected chi connectivity index (χ3v) is 4.33. The summed E-state index contributed by atoms with van der Waals surface area (Å²) in [5, 5.41) is 0. The van der Waals surface area contributed by atoms with Crippen molar-refractivity contribution in [2.75, 3.05) is 0 Å². The van der Waals surface area contributed by atoms with Crippen LogP contribution in [0.5, 0.6) is 0 Å². The van der Waals surface area contributed by atoms with E-state index in [4.69, 9.17) is 4.16 Å². The molecule has 0 aliphatic carbocycles. The summed E-state index contributed by atoms with van der Waals surface area (Å²) < 4.78 is 55.0. The molecule has 0 radical (unpaired) electrons. The Kier molecular flexibility index (Phi) is 3.28. The van der Waals surface area contributed by atoms with E-state index in [2.05, 4.69) is 3.23 Å². The molecule has 0 heterocycles. The van der Waals surface area contributed by atoms with Crippen molar-refractivity contribution in [1.82, 2.24) is 0 Å². The van der Waals surface area contributed by atoms with Gasteiger partial charge in [0.05, 0.1) is 0 Å².